The SMILES string of the molecule is COC(=O)CCCc1cccc2c1O[C@@H]1CC(O)C(COC(c3ccccc3)(c3ccccc3)c3ccccc3)[C@H]21. The van der Waals surface area contributed by atoms with Crippen LogP contribution in [0, 0.1) is 5.92 Å². The molecule has 4 aromatic carbocycles. The second kappa shape index (κ2) is 11.9. The van der Waals surface area contributed by atoms with Crippen LogP contribution in [-0.4, -0.2) is 37.0 Å². The molecule has 6 rings (SSSR count). The van der Waals surface area contributed by atoms with Crippen molar-refractivity contribution in [3.05, 3.63) is 137 Å². The lowest BCUT2D eigenvalue weighted by molar-refractivity contribution is -0.140. The second-order valence-electron chi connectivity index (χ2n) is 11.0. The third-order valence-electron chi connectivity index (χ3n) is 8.67. The fourth-order valence-corrected chi connectivity index (χ4v) is 6.72. The summed E-state index contributed by atoms with van der Waals surface area (Å²) in [5.74, 6) is 0.599. The maximum absolute atomic E-state index is 11.6. The summed E-state index contributed by atoms with van der Waals surface area (Å²) in [5, 5.41) is 11.3. The number of aliphatic hydroxyl groups is 1. The van der Waals surface area contributed by atoms with Crippen LogP contribution < -0.4 is 4.74 Å². The predicted molar refractivity (Wildman–Crippen MR) is 158 cm³/mol. The van der Waals surface area contributed by atoms with Gasteiger partial charge in [0.15, 0.2) is 0 Å². The Bertz CT molecular complexity index is 1360. The number of fused-ring (bicyclic) bond motifs is 3. The molecule has 0 spiro atoms. The molecule has 1 aliphatic carbocycles. The minimum atomic E-state index is -0.848. The average Bonchev–Trinajstić information content (AvgIpc) is 3.54. The number of carbonyl (C=O) groups is 1. The normalized spacial score (nSPS) is 21.1. The highest BCUT2D eigenvalue weighted by Gasteiger charge is 2.51. The third kappa shape index (κ3) is 5.16. The highest BCUT2D eigenvalue weighted by Crippen LogP contribution is 2.52. The summed E-state index contributed by atoms with van der Waals surface area (Å²) in [6, 6.07) is 37.3. The third-order valence-corrected chi connectivity index (χ3v) is 8.67. The number of benzene rings is 4. The Morgan fingerprint density at radius 3 is 2.00 bits per heavy atom. The second-order valence-corrected chi connectivity index (χ2v) is 11.0. The molecule has 1 fully saturated rings. The molecule has 4 aromatic rings. The van der Waals surface area contributed by atoms with Crippen molar-refractivity contribution in [3.8, 4) is 5.75 Å². The summed E-state index contributed by atoms with van der Waals surface area (Å²) in [4.78, 5) is 11.6. The molecule has 2 aliphatic rings. The minimum Gasteiger partial charge on any atom is -0.489 e. The van der Waals surface area contributed by atoms with Crippen LogP contribution in [0.3, 0.4) is 0 Å². The fourth-order valence-electron chi connectivity index (χ4n) is 6.72. The zero-order chi connectivity index (χ0) is 28.2. The summed E-state index contributed by atoms with van der Waals surface area (Å²) in [7, 11) is 1.42. The number of para-hydroxylation sites is 1. The summed E-state index contributed by atoms with van der Waals surface area (Å²) < 4.78 is 18.4. The molecule has 0 aromatic heterocycles. The van der Waals surface area contributed by atoms with Crippen LogP contribution in [0.5, 0.6) is 5.75 Å². The van der Waals surface area contributed by atoms with Crippen molar-refractivity contribution in [1.82, 2.24) is 0 Å². The zero-order valence-electron chi connectivity index (χ0n) is 23.3. The number of ether oxygens (including phenoxy) is 3. The van der Waals surface area contributed by atoms with Crippen LogP contribution in [0.4, 0.5) is 0 Å². The molecule has 1 N–H and O–H groups in total. The first-order chi connectivity index (χ1) is 20.1. The smallest absolute Gasteiger partial charge is 0.305 e. The number of aliphatic hydroxyl groups excluding tert-OH is 1. The summed E-state index contributed by atoms with van der Waals surface area (Å²) in [6.45, 7) is 0.358. The Kier molecular flexibility index (Phi) is 7.91. The number of hydrogen-bond acceptors (Lipinski definition) is 5. The number of aryl methyl sites for hydroxylation is 1. The van der Waals surface area contributed by atoms with Crippen molar-refractivity contribution in [2.24, 2.45) is 5.92 Å². The first kappa shape index (κ1) is 27.3. The van der Waals surface area contributed by atoms with Crippen LogP contribution in [0.15, 0.2) is 109 Å². The van der Waals surface area contributed by atoms with Crippen molar-refractivity contribution in [1.29, 1.82) is 0 Å². The maximum atomic E-state index is 11.6. The number of carbonyl (C=O) groups excluding carboxylic acids is 1. The Morgan fingerprint density at radius 2 is 1.44 bits per heavy atom. The van der Waals surface area contributed by atoms with Crippen LogP contribution in [0.2, 0.25) is 0 Å². The fraction of sp³-hybridized carbons (Fsp3) is 0.306. The predicted octanol–water partition coefficient (Wildman–Crippen LogP) is 6.42. The van der Waals surface area contributed by atoms with Gasteiger partial charge < -0.3 is 19.3 Å². The number of hydrogen-bond donors (Lipinski definition) is 1. The highest BCUT2D eigenvalue weighted by molar-refractivity contribution is 5.69. The molecule has 0 radical (unpaired) electrons. The van der Waals surface area contributed by atoms with Gasteiger partial charge in [-0.05, 0) is 35.1 Å². The van der Waals surface area contributed by atoms with Crippen LogP contribution in [0.1, 0.15) is 53.0 Å². The van der Waals surface area contributed by atoms with Gasteiger partial charge in [-0.3, -0.25) is 4.79 Å². The molecule has 4 atom stereocenters. The van der Waals surface area contributed by atoms with Gasteiger partial charge in [-0.1, -0.05) is 109 Å². The van der Waals surface area contributed by atoms with E-state index in [0.29, 0.717) is 25.9 Å². The topological polar surface area (TPSA) is 65.0 Å². The van der Waals surface area contributed by atoms with Gasteiger partial charge in [-0.15, -0.1) is 0 Å². The molecular weight excluding hydrogens is 512 g/mol. The van der Waals surface area contributed by atoms with E-state index in [4.69, 9.17) is 14.2 Å². The molecular formula is C36H36O5. The van der Waals surface area contributed by atoms with Gasteiger partial charge in [0.2, 0.25) is 0 Å². The Morgan fingerprint density at radius 1 is 0.854 bits per heavy atom. The molecule has 5 heteroatoms. The lowest BCUT2D eigenvalue weighted by Gasteiger charge is -2.37. The van der Waals surface area contributed by atoms with E-state index in [-0.39, 0.29) is 23.9 Å². The van der Waals surface area contributed by atoms with Crippen molar-refractivity contribution in [3.63, 3.8) is 0 Å². The van der Waals surface area contributed by atoms with Crippen molar-refractivity contribution in [2.75, 3.05) is 13.7 Å². The Balaban J connectivity index is 1.33. The van der Waals surface area contributed by atoms with Crippen molar-refractivity contribution < 1.29 is 24.1 Å². The summed E-state index contributed by atoms with van der Waals surface area (Å²) in [6.07, 6.45) is 1.73. The van der Waals surface area contributed by atoms with E-state index in [2.05, 4.69) is 54.6 Å². The van der Waals surface area contributed by atoms with E-state index in [9.17, 15) is 9.90 Å². The van der Waals surface area contributed by atoms with Crippen molar-refractivity contribution in [2.45, 2.75) is 49.4 Å². The maximum Gasteiger partial charge on any atom is 0.305 e. The van der Waals surface area contributed by atoms with E-state index in [1.807, 2.05) is 54.6 Å². The van der Waals surface area contributed by atoms with Crippen LogP contribution in [-0.2, 0) is 26.3 Å². The monoisotopic (exact) mass is 548 g/mol. The standard InChI is InChI=1S/C36H36O5/c1-39-33(38)22-12-14-25-13-11-21-29-34-30(31(37)23-32(34)41-35(25)29)24-40-36(26-15-5-2-6-16-26,27-17-7-3-8-18-27)28-19-9-4-10-20-28/h2-11,13,15-21,30-32,34,37H,12,14,22-24H2,1H3/t30?,31?,32-,34+/m1/s1. The van der Waals surface area contributed by atoms with Gasteiger partial charge in [0.1, 0.15) is 17.5 Å². The Hall–Kier alpha value is -3.93. The summed E-state index contributed by atoms with van der Waals surface area (Å²) >= 11 is 0. The molecule has 1 aliphatic heterocycles. The van der Waals surface area contributed by atoms with Gasteiger partial charge in [-0.25, -0.2) is 0 Å². The first-order valence-electron chi connectivity index (χ1n) is 14.5. The highest BCUT2D eigenvalue weighted by atomic mass is 16.5. The Labute approximate surface area is 241 Å². The molecule has 1 heterocycles. The van der Waals surface area contributed by atoms with Gasteiger partial charge >= 0.3 is 5.97 Å². The first-order valence-corrected chi connectivity index (χ1v) is 14.5. The molecule has 5 nitrogen and oxygen atoms in total. The van der Waals surface area contributed by atoms with Crippen LogP contribution in [0.25, 0.3) is 0 Å². The molecule has 0 amide bonds. The summed E-state index contributed by atoms with van der Waals surface area (Å²) in [5.41, 5.74) is 4.49. The molecule has 2 unspecified atom stereocenters. The van der Waals surface area contributed by atoms with E-state index in [0.717, 1.165) is 40.0 Å². The van der Waals surface area contributed by atoms with Crippen LogP contribution >= 0.6 is 0 Å². The number of esters is 1. The lowest BCUT2D eigenvalue weighted by atomic mass is 9.79. The van der Waals surface area contributed by atoms with E-state index in [1.54, 1.807) is 0 Å². The van der Waals surface area contributed by atoms with E-state index >= 15 is 0 Å². The molecule has 1 saturated carbocycles. The number of rotatable bonds is 10. The quantitative estimate of drug-likeness (QED) is 0.183. The van der Waals surface area contributed by atoms with Gasteiger partial charge in [0, 0.05) is 30.2 Å². The molecule has 41 heavy (non-hydrogen) atoms. The number of methoxy groups -OCH3 is 1. The lowest BCUT2D eigenvalue weighted by Crippen LogP contribution is -2.36. The van der Waals surface area contributed by atoms with Crippen molar-refractivity contribution >= 4 is 5.97 Å². The van der Waals surface area contributed by atoms with Gasteiger partial charge in [0.25, 0.3) is 0 Å². The van der Waals surface area contributed by atoms with Gasteiger partial charge in [-0.2, -0.15) is 0 Å². The average molecular weight is 549 g/mol. The molecule has 210 valence electrons. The van der Waals surface area contributed by atoms with Gasteiger partial charge in [0.05, 0.1) is 19.8 Å². The van der Waals surface area contributed by atoms with E-state index in [1.165, 1.54) is 7.11 Å². The zero-order valence-corrected chi connectivity index (χ0v) is 23.3. The molecule has 0 bridgehead atoms. The largest absolute Gasteiger partial charge is 0.489 e. The van der Waals surface area contributed by atoms with E-state index < -0.39 is 11.7 Å². The minimum absolute atomic E-state index is 0.0283. The molecule has 0 saturated heterocycles.